The average molecular weight is 418 g/mol. The number of rotatable bonds is 5. The van der Waals surface area contributed by atoms with Crippen molar-refractivity contribution in [1.29, 1.82) is 0 Å². The van der Waals surface area contributed by atoms with Crippen LogP contribution in [0.15, 0.2) is 47.5 Å². The monoisotopic (exact) mass is 417 g/mol. The van der Waals surface area contributed by atoms with Crippen molar-refractivity contribution in [3.8, 4) is 0 Å². The molecule has 6 nitrogen and oxygen atoms in total. The van der Waals surface area contributed by atoms with E-state index in [9.17, 15) is 9.59 Å². The van der Waals surface area contributed by atoms with E-state index in [-0.39, 0.29) is 18.4 Å². The summed E-state index contributed by atoms with van der Waals surface area (Å²) < 4.78 is 0. The second-order valence-corrected chi connectivity index (χ2v) is 8.01. The van der Waals surface area contributed by atoms with Crippen LogP contribution in [0.4, 0.5) is 5.69 Å². The first kappa shape index (κ1) is 19.1. The third-order valence-corrected chi connectivity index (χ3v) is 6.23. The van der Waals surface area contributed by atoms with Crippen molar-refractivity contribution < 1.29 is 14.7 Å². The lowest BCUT2D eigenvalue weighted by molar-refractivity contribution is -0.120. The van der Waals surface area contributed by atoms with Gasteiger partial charge in [-0.15, -0.1) is 11.3 Å². The fraction of sp³-hybridized carbons (Fsp3) is 0.300. The number of piperazine rings is 1. The molecule has 4 rings (SSSR count). The van der Waals surface area contributed by atoms with Crippen LogP contribution in [0.5, 0.6) is 0 Å². The minimum atomic E-state index is -0.340. The maximum Gasteiger partial charge on any atom is 0.282 e. The van der Waals surface area contributed by atoms with Crippen molar-refractivity contribution >= 4 is 46.0 Å². The van der Waals surface area contributed by atoms with Crippen LogP contribution in [-0.4, -0.2) is 66.1 Å². The van der Waals surface area contributed by atoms with Crippen molar-refractivity contribution in [2.24, 2.45) is 0 Å². The van der Waals surface area contributed by atoms with Crippen molar-refractivity contribution in [3.63, 3.8) is 0 Å². The molecule has 0 radical (unpaired) electrons. The molecule has 0 atom stereocenters. The van der Waals surface area contributed by atoms with Gasteiger partial charge in [-0.25, -0.2) is 4.90 Å². The number of para-hydroxylation sites is 1. The smallest absolute Gasteiger partial charge is 0.282 e. The number of aliphatic hydroxyl groups is 1. The van der Waals surface area contributed by atoms with Gasteiger partial charge in [0.25, 0.3) is 11.8 Å². The Morgan fingerprint density at radius 2 is 1.75 bits per heavy atom. The maximum atomic E-state index is 13.4. The van der Waals surface area contributed by atoms with Crippen molar-refractivity contribution in [3.05, 3.63) is 57.4 Å². The largest absolute Gasteiger partial charge is 0.395 e. The standard InChI is InChI=1S/C20H20ClN3O3S/c21-14-4-1-2-5-15(14)24-19(26)17(16-6-3-13-28-16)18(20(24)27)23-9-7-22(8-10-23)11-12-25/h1-6,13,25H,7-12H2. The van der Waals surface area contributed by atoms with E-state index in [2.05, 4.69) is 4.90 Å². The van der Waals surface area contributed by atoms with Crippen LogP contribution >= 0.6 is 22.9 Å². The quantitative estimate of drug-likeness (QED) is 0.756. The number of carbonyl (C=O) groups excluding carboxylic acids is 2. The molecular formula is C20H20ClN3O3S. The van der Waals surface area contributed by atoms with Crippen LogP contribution in [0.2, 0.25) is 5.02 Å². The molecule has 2 aliphatic heterocycles. The highest BCUT2D eigenvalue weighted by molar-refractivity contribution is 7.11. The van der Waals surface area contributed by atoms with Crippen LogP contribution in [-0.2, 0) is 9.59 Å². The van der Waals surface area contributed by atoms with E-state index in [4.69, 9.17) is 16.7 Å². The number of hydrogen-bond donors (Lipinski definition) is 1. The van der Waals surface area contributed by atoms with E-state index >= 15 is 0 Å². The van der Waals surface area contributed by atoms with Crippen LogP contribution in [0.3, 0.4) is 0 Å². The zero-order valence-corrected chi connectivity index (χ0v) is 16.7. The van der Waals surface area contributed by atoms with Crippen molar-refractivity contribution in [2.75, 3.05) is 44.2 Å². The van der Waals surface area contributed by atoms with Gasteiger partial charge in [0.15, 0.2) is 0 Å². The van der Waals surface area contributed by atoms with E-state index in [1.54, 1.807) is 24.3 Å². The molecule has 0 unspecified atom stereocenters. The fourth-order valence-electron chi connectivity index (χ4n) is 3.64. The Morgan fingerprint density at radius 1 is 1.00 bits per heavy atom. The molecule has 2 aromatic rings. The fourth-order valence-corrected chi connectivity index (χ4v) is 4.63. The average Bonchev–Trinajstić information content (AvgIpc) is 3.30. The molecule has 3 heterocycles. The van der Waals surface area contributed by atoms with Crippen molar-refractivity contribution in [2.45, 2.75) is 0 Å². The topological polar surface area (TPSA) is 64.1 Å². The summed E-state index contributed by atoms with van der Waals surface area (Å²) in [5.74, 6) is -0.676. The Morgan fingerprint density at radius 3 is 2.39 bits per heavy atom. The maximum absolute atomic E-state index is 13.4. The lowest BCUT2D eigenvalue weighted by Crippen LogP contribution is -2.48. The van der Waals surface area contributed by atoms with Gasteiger partial charge >= 0.3 is 0 Å². The second kappa shape index (κ2) is 8.05. The summed E-state index contributed by atoms with van der Waals surface area (Å²) in [6.07, 6.45) is 0. The Labute approximate surface area is 172 Å². The summed E-state index contributed by atoms with van der Waals surface area (Å²) in [7, 11) is 0. The minimum Gasteiger partial charge on any atom is -0.395 e. The van der Waals surface area contributed by atoms with Crippen molar-refractivity contribution in [1.82, 2.24) is 9.80 Å². The van der Waals surface area contributed by atoms with Crippen LogP contribution in [0.25, 0.3) is 5.57 Å². The molecule has 0 saturated carbocycles. The molecule has 1 aromatic carbocycles. The lowest BCUT2D eigenvalue weighted by Gasteiger charge is -2.36. The number of benzene rings is 1. The van der Waals surface area contributed by atoms with Gasteiger partial charge in [0, 0.05) is 37.6 Å². The zero-order chi connectivity index (χ0) is 19.7. The highest BCUT2D eigenvalue weighted by atomic mass is 35.5. The second-order valence-electron chi connectivity index (χ2n) is 6.65. The molecule has 0 bridgehead atoms. The first-order valence-corrected chi connectivity index (χ1v) is 10.4. The van der Waals surface area contributed by atoms with E-state index in [0.29, 0.717) is 41.6 Å². The molecule has 8 heteroatoms. The number of hydrogen-bond acceptors (Lipinski definition) is 6. The van der Waals surface area contributed by atoms with Crippen LogP contribution < -0.4 is 4.90 Å². The number of carbonyl (C=O) groups is 2. The van der Waals surface area contributed by atoms with Gasteiger partial charge in [0.2, 0.25) is 0 Å². The number of thiophene rings is 1. The number of imide groups is 1. The predicted octanol–water partition coefficient (Wildman–Crippen LogP) is 2.30. The molecule has 1 aromatic heterocycles. The van der Waals surface area contributed by atoms with Gasteiger partial charge in [-0.3, -0.25) is 14.5 Å². The number of amides is 2. The molecule has 0 aliphatic carbocycles. The number of β-amino-alcohol motifs (C(OH)–C–C–N with tert-alkyl or cyclic N) is 1. The summed E-state index contributed by atoms with van der Waals surface area (Å²) in [5, 5.41) is 11.4. The molecule has 0 spiro atoms. The summed E-state index contributed by atoms with van der Waals surface area (Å²) in [5.41, 5.74) is 1.29. The van der Waals surface area contributed by atoms with Gasteiger partial charge in [0.1, 0.15) is 5.70 Å². The van der Waals surface area contributed by atoms with E-state index in [0.717, 1.165) is 18.0 Å². The Balaban J connectivity index is 1.72. The highest BCUT2D eigenvalue weighted by Crippen LogP contribution is 2.38. The van der Waals surface area contributed by atoms with E-state index in [1.165, 1.54) is 16.2 Å². The Hall–Kier alpha value is -2.19. The molecule has 2 aliphatic rings. The molecule has 2 amide bonds. The third kappa shape index (κ3) is 3.35. The van der Waals surface area contributed by atoms with Crippen LogP contribution in [0, 0.1) is 0 Å². The minimum absolute atomic E-state index is 0.112. The summed E-state index contributed by atoms with van der Waals surface area (Å²) in [6, 6.07) is 10.6. The zero-order valence-electron chi connectivity index (χ0n) is 15.2. The third-order valence-electron chi connectivity index (χ3n) is 5.03. The van der Waals surface area contributed by atoms with Gasteiger partial charge in [-0.1, -0.05) is 29.8 Å². The van der Waals surface area contributed by atoms with Gasteiger partial charge < -0.3 is 10.0 Å². The number of halogens is 1. The van der Waals surface area contributed by atoms with Gasteiger partial charge in [0.05, 0.1) is 22.9 Å². The first-order valence-electron chi connectivity index (χ1n) is 9.11. The van der Waals surface area contributed by atoms with E-state index < -0.39 is 0 Å². The van der Waals surface area contributed by atoms with Crippen LogP contribution in [0.1, 0.15) is 4.88 Å². The lowest BCUT2D eigenvalue weighted by atomic mass is 10.1. The SMILES string of the molecule is O=C1C(c2cccs2)=C(N2CCN(CCO)CC2)C(=O)N1c1ccccc1Cl. The molecular weight excluding hydrogens is 398 g/mol. The molecule has 1 saturated heterocycles. The number of anilines is 1. The van der Waals surface area contributed by atoms with Gasteiger partial charge in [-0.2, -0.15) is 0 Å². The molecule has 28 heavy (non-hydrogen) atoms. The normalized spacial score (nSPS) is 18.5. The summed E-state index contributed by atoms with van der Waals surface area (Å²) in [4.78, 5) is 32.8. The predicted molar refractivity (Wildman–Crippen MR) is 110 cm³/mol. The Kier molecular flexibility index (Phi) is 5.50. The molecule has 146 valence electrons. The summed E-state index contributed by atoms with van der Waals surface area (Å²) >= 11 is 7.73. The number of nitrogens with zero attached hydrogens (tertiary/aromatic N) is 3. The molecule has 1 N–H and O–H groups in total. The van der Waals surface area contributed by atoms with E-state index in [1.807, 2.05) is 22.4 Å². The highest BCUT2D eigenvalue weighted by Gasteiger charge is 2.43. The molecule has 1 fully saturated rings. The first-order chi connectivity index (χ1) is 13.6. The summed E-state index contributed by atoms with van der Waals surface area (Å²) in [6.45, 7) is 3.44. The van der Waals surface area contributed by atoms with Gasteiger partial charge in [-0.05, 0) is 23.6 Å². The Bertz CT molecular complexity index is 921. The number of aliphatic hydroxyl groups excluding tert-OH is 1.